The largest absolute Gasteiger partial charge is 0.462 e. The predicted molar refractivity (Wildman–Crippen MR) is 150 cm³/mol. The maximum Gasteiger partial charge on any atom is 0.459 e. The molecule has 0 amide bonds. The van der Waals surface area contributed by atoms with Crippen LogP contribution in [0.1, 0.15) is 27.0 Å². The topological polar surface area (TPSA) is 164 Å². The van der Waals surface area contributed by atoms with Crippen LogP contribution in [-0.2, 0) is 23.4 Å². The highest BCUT2D eigenvalue weighted by Crippen LogP contribution is 2.50. The smallest absolute Gasteiger partial charge is 0.459 e. The van der Waals surface area contributed by atoms with E-state index >= 15 is 4.39 Å². The lowest BCUT2D eigenvalue weighted by molar-refractivity contribution is -0.192. The van der Waals surface area contributed by atoms with E-state index in [9.17, 15) is 28.0 Å². The molecule has 1 unspecified atom stereocenters. The maximum atomic E-state index is 15.3. The average molecular weight is 649 g/mol. The van der Waals surface area contributed by atoms with Gasteiger partial charge in [0.1, 0.15) is 23.7 Å². The summed E-state index contributed by atoms with van der Waals surface area (Å²) in [5.41, 5.74) is 1.10. The molecule has 0 bridgehead atoms. The summed E-state index contributed by atoms with van der Waals surface area (Å²) in [6, 6.07) is 10.3. The number of aliphatic hydroxyl groups excluding tert-OH is 1. The fourth-order valence-electron chi connectivity index (χ4n) is 4.26. The fraction of sp³-hybridized carbons (Fsp3) is 0.423. The summed E-state index contributed by atoms with van der Waals surface area (Å²) in [5, 5.41) is 14.1. The van der Waals surface area contributed by atoms with Crippen LogP contribution in [0.3, 0.4) is 0 Å². The third kappa shape index (κ3) is 6.97. The summed E-state index contributed by atoms with van der Waals surface area (Å²) in [5.74, 6) is -1.30. The van der Waals surface area contributed by atoms with Crippen molar-refractivity contribution in [2.75, 3.05) is 12.3 Å². The molecular weight excluding hydrogens is 620 g/mol. The summed E-state index contributed by atoms with van der Waals surface area (Å²) in [4.78, 5) is 28.2. The molecule has 6 atom stereocenters. The Morgan fingerprint density at radius 1 is 1.26 bits per heavy atom. The van der Waals surface area contributed by atoms with Crippen LogP contribution >= 0.6 is 19.3 Å². The molecular formula is C26H29ClF3N4O8P. The minimum atomic E-state index is -4.79. The second kappa shape index (κ2) is 12.8. The van der Waals surface area contributed by atoms with E-state index in [-0.39, 0.29) is 10.8 Å². The van der Waals surface area contributed by atoms with E-state index in [1.54, 1.807) is 38.1 Å². The number of hydrogen-bond acceptors (Lipinski definition) is 10. The number of nitrogens with one attached hydrogen (secondary N) is 1. The van der Waals surface area contributed by atoms with Gasteiger partial charge in [-0.3, -0.25) is 13.9 Å². The van der Waals surface area contributed by atoms with E-state index in [1.165, 1.54) is 19.1 Å². The molecule has 0 saturated carbocycles. The number of carbonyl (C=O) groups is 1. The minimum Gasteiger partial charge on any atom is -0.462 e. The molecule has 0 aliphatic carbocycles. The Morgan fingerprint density at radius 2 is 1.93 bits per heavy atom. The van der Waals surface area contributed by atoms with Gasteiger partial charge in [-0.25, -0.2) is 22.5 Å². The molecule has 4 N–H and O–H groups in total. The minimum absolute atomic E-state index is 0.0340. The molecule has 1 aromatic heterocycles. The first-order valence-corrected chi connectivity index (χ1v) is 14.8. The van der Waals surface area contributed by atoms with Gasteiger partial charge >= 0.3 is 19.4 Å². The molecule has 0 radical (unpaired) electrons. The highest BCUT2D eigenvalue weighted by molar-refractivity contribution is 7.52. The normalized spacial score (nSPS) is 24.3. The van der Waals surface area contributed by atoms with E-state index < -0.39 is 74.5 Å². The van der Waals surface area contributed by atoms with Crippen LogP contribution in [0.5, 0.6) is 5.75 Å². The summed E-state index contributed by atoms with van der Waals surface area (Å²) < 4.78 is 80.1. The molecule has 1 aliphatic heterocycles. The average Bonchev–Trinajstić information content (AvgIpc) is 3.19. The van der Waals surface area contributed by atoms with Gasteiger partial charge < -0.3 is 24.8 Å². The number of benzene rings is 2. The second-order valence-electron chi connectivity index (χ2n) is 10.0. The van der Waals surface area contributed by atoms with Gasteiger partial charge in [0, 0.05) is 6.20 Å². The van der Waals surface area contributed by atoms with Crippen molar-refractivity contribution in [3.63, 3.8) is 0 Å². The van der Waals surface area contributed by atoms with Gasteiger partial charge in [0.2, 0.25) is 0 Å². The summed E-state index contributed by atoms with van der Waals surface area (Å²) in [6.45, 7) is 3.01. The lowest BCUT2D eigenvalue weighted by Gasteiger charge is -2.32. The van der Waals surface area contributed by atoms with Crippen molar-refractivity contribution in [1.82, 2.24) is 14.6 Å². The van der Waals surface area contributed by atoms with Crippen LogP contribution in [-0.4, -0.2) is 63.7 Å². The Bertz CT molecular complexity index is 1600. The molecule has 3 aromatic rings. The van der Waals surface area contributed by atoms with E-state index in [0.717, 1.165) is 11.6 Å². The molecule has 234 valence electrons. The van der Waals surface area contributed by atoms with Crippen LogP contribution < -0.4 is 21.0 Å². The Labute approximate surface area is 248 Å². The van der Waals surface area contributed by atoms with Crippen molar-refractivity contribution in [1.29, 1.82) is 0 Å². The predicted octanol–water partition coefficient (Wildman–Crippen LogP) is 4.00. The Kier molecular flexibility index (Phi) is 9.74. The summed E-state index contributed by atoms with van der Waals surface area (Å²) in [7, 11) is -4.79. The zero-order valence-electron chi connectivity index (χ0n) is 23.0. The molecule has 43 heavy (non-hydrogen) atoms. The molecule has 2 heterocycles. The molecule has 1 saturated heterocycles. The van der Waals surface area contributed by atoms with Gasteiger partial charge in [-0.05, 0) is 43.7 Å². The first-order valence-electron chi connectivity index (χ1n) is 12.9. The lowest BCUT2D eigenvalue weighted by Crippen LogP contribution is -2.52. The number of nitrogens with zero attached hydrogens (tertiary/aromatic N) is 2. The molecule has 2 aromatic carbocycles. The first-order chi connectivity index (χ1) is 20.2. The van der Waals surface area contributed by atoms with E-state index in [0.29, 0.717) is 9.95 Å². The summed E-state index contributed by atoms with van der Waals surface area (Å²) >= 11 is 5.86. The third-order valence-electron chi connectivity index (χ3n) is 6.46. The second-order valence-corrected chi connectivity index (χ2v) is 12.1. The van der Waals surface area contributed by atoms with Crippen LogP contribution in [0.25, 0.3) is 10.8 Å². The van der Waals surface area contributed by atoms with E-state index in [1.807, 2.05) is 6.07 Å². The zero-order valence-corrected chi connectivity index (χ0v) is 24.7. The number of aliphatic hydroxyl groups is 1. The number of alkyl halides is 3. The third-order valence-corrected chi connectivity index (χ3v) is 8.37. The molecule has 4 rings (SSSR count). The van der Waals surface area contributed by atoms with Crippen LogP contribution in [0, 0.1) is 0 Å². The number of rotatable bonds is 11. The van der Waals surface area contributed by atoms with Crippen molar-refractivity contribution < 1.29 is 46.2 Å². The Balaban J connectivity index is 1.66. The van der Waals surface area contributed by atoms with Crippen molar-refractivity contribution >= 4 is 41.9 Å². The van der Waals surface area contributed by atoms with Crippen LogP contribution in [0.15, 0.2) is 53.5 Å². The number of carbonyl (C=O) groups excluding carboxylic acids is 1. The quantitative estimate of drug-likeness (QED) is 0.203. The van der Waals surface area contributed by atoms with Gasteiger partial charge in [0.05, 0.1) is 17.7 Å². The van der Waals surface area contributed by atoms with Crippen molar-refractivity contribution in [2.45, 2.75) is 63.4 Å². The number of ether oxygens (including phenoxy) is 2. The fourth-order valence-corrected chi connectivity index (χ4v) is 5.93. The van der Waals surface area contributed by atoms with E-state index in [4.69, 9.17) is 35.9 Å². The first kappa shape index (κ1) is 32.7. The number of hydrogen-bond donors (Lipinski definition) is 3. The maximum absolute atomic E-state index is 15.3. The van der Waals surface area contributed by atoms with Crippen LogP contribution in [0.2, 0.25) is 5.02 Å². The molecule has 1 aliphatic rings. The Hall–Kier alpha value is -3.20. The molecule has 12 nitrogen and oxygen atoms in total. The highest BCUT2D eigenvalue weighted by atomic mass is 35.5. The monoisotopic (exact) mass is 648 g/mol. The molecule has 0 spiro atoms. The van der Waals surface area contributed by atoms with Crippen molar-refractivity contribution in [3.05, 3.63) is 64.2 Å². The van der Waals surface area contributed by atoms with Gasteiger partial charge in [0.15, 0.2) is 18.0 Å². The molecule has 17 heteroatoms. The number of fused-ring (bicyclic) bond motifs is 1. The van der Waals surface area contributed by atoms with Gasteiger partial charge in [-0.2, -0.15) is 10.1 Å². The number of anilines is 1. The SMILES string of the molecule is CC(C)OC(=O)[C@H](C)NP(=O)(OC[C@@]1(C(F)F)O[C@@H](n2cc(Cl)c(N)nc2=O)[C@H](F)[C@@H]1O)Oc1ccc2ccccc2c1. The van der Waals surface area contributed by atoms with Gasteiger partial charge in [0.25, 0.3) is 6.43 Å². The zero-order chi connectivity index (χ0) is 31.7. The van der Waals surface area contributed by atoms with Crippen molar-refractivity contribution in [3.8, 4) is 5.75 Å². The number of nitrogen functional groups attached to an aromatic ring is 1. The number of aromatic nitrogens is 2. The highest BCUT2D eigenvalue weighted by Gasteiger charge is 2.62. The Morgan fingerprint density at radius 3 is 2.58 bits per heavy atom. The van der Waals surface area contributed by atoms with Gasteiger partial charge in [-0.15, -0.1) is 0 Å². The van der Waals surface area contributed by atoms with Gasteiger partial charge in [-0.1, -0.05) is 41.9 Å². The number of nitrogens with two attached hydrogens (primary N) is 1. The number of esters is 1. The molecule has 1 fully saturated rings. The van der Waals surface area contributed by atoms with Crippen LogP contribution in [0.4, 0.5) is 19.0 Å². The van der Waals surface area contributed by atoms with Crippen molar-refractivity contribution in [2.24, 2.45) is 0 Å². The van der Waals surface area contributed by atoms with E-state index in [2.05, 4.69) is 10.1 Å². The standard InChI is InChI=1S/C26H29ClF3N4O8P/c1-13(2)40-23(36)14(3)33-43(38,42-17-9-8-15-6-4-5-7-16(15)10-17)39-12-26(24(29)30)20(35)19(28)22(41-26)34-11-18(27)21(31)32-25(34)37/h4-11,13-14,19-20,22,24,35H,12H2,1-3H3,(H,33,38)(H2,31,32,37)/t14-,19+,20-,22+,26+,43?/m0/s1. The lowest BCUT2D eigenvalue weighted by atomic mass is 9.97. The summed E-state index contributed by atoms with van der Waals surface area (Å²) in [6.07, 6.45) is -10.7. The number of halogens is 4.